The number of ether oxygens (including phenoxy) is 2. The molecule has 0 radical (unpaired) electrons. The van der Waals surface area contributed by atoms with Crippen LogP contribution < -0.4 is 11.5 Å². The quantitative estimate of drug-likeness (QED) is 0.585. The van der Waals surface area contributed by atoms with Gasteiger partial charge in [-0.2, -0.15) is 0 Å². The molecule has 6 nitrogen and oxygen atoms in total. The second kappa shape index (κ2) is 5.97. The Hall–Kier alpha value is -1.14. The molecule has 0 aliphatic heterocycles. The lowest BCUT2D eigenvalue weighted by Crippen LogP contribution is -2.47. The van der Waals surface area contributed by atoms with E-state index < -0.39 is 23.0 Å². The molecule has 0 spiro atoms. The Balaban J connectivity index is 4.11. The molecule has 0 aromatic heterocycles. The zero-order valence-corrected chi connectivity index (χ0v) is 10.9. The first kappa shape index (κ1) is 15.9. The molecule has 2 amide bonds. The summed E-state index contributed by atoms with van der Waals surface area (Å²) in [5, 5.41) is 0. The number of amides is 2. The molecule has 0 saturated carbocycles. The van der Waals surface area contributed by atoms with E-state index in [9.17, 15) is 9.59 Å². The van der Waals surface area contributed by atoms with Crippen LogP contribution in [0.5, 0.6) is 0 Å². The predicted molar refractivity (Wildman–Crippen MR) is 63.1 cm³/mol. The van der Waals surface area contributed by atoms with E-state index in [1.165, 1.54) is 0 Å². The van der Waals surface area contributed by atoms with Gasteiger partial charge in [0.2, 0.25) is 11.8 Å². The van der Waals surface area contributed by atoms with Crippen molar-refractivity contribution in [2.75, 3.05) is 13.2 Å². The van der Waals surface area contributed by atoms with E-state index in [0.29, 0.717) is 13.0 Å². The van der Waals surface area contributed by atoms with Gasteiger partial charge in [0.15, 0.2) is 0 Å². The summed E-state index contributed by atoms with van der Waals surface area (Å²) >= 11 is 0. The van der Waals surface area contributed by atoms with Crippen molar-refractivity contribution in [3.8, 4) is 0 Å². The highest BCUT2D eigenvalue weighted by atomic mass is 16.5. The molecule has 0 rings (SSSR count). The van der Waals surface area contributed by atoms with Gasteiger partial charge in [0.25, 0.3) is 0 Å². The maximum atomic E-state index is 11.1. The molecular formula is C11H22N2O4. The third-order valence-electron chi connectivity index (χ3n) is 2.22. The van der Waals surface area contributed by atoms with Crippen LogP contribution >= 0.6 is 0 Å². The van der Waals surface area contributed by atoms with Crippen LogP contribution in [0.2, 0.25) is 0 Å². The molecule has 0 aromatic carbocycles. The van der Waals surface area contributed by atoms with E-state index in [0.717, 1.165) is 0 Å². The molecule has 0 bridgehead atoms. The second-order valence-electron chi connectivity index (χ2n) is 5.01. The Labute approximate surface area is 102 Å². The molecule has 17 heavy (non-hydrogen) atoms. The van der Waals surface area contributed by atoms with Crippen molar-refractivity contribution >= 4 is 11.8 Å². The minimum absolute atomic E-state index is 0.116. The van der Waals surface area contributed by atoms with Gasteiger partial charge in [0.1, 0.15) is 12.2 Å². The van der Waals surface area contributed by atoms with Gasteiger partial charge in [-0.3, -0.25) is 9.59 Å². The summed E-state index contributed by atoms with van der Waals surface area (Å²) in [7, 11) is 0. The SMILES string of the molecule is CC(C)(CCOCC(N)=O)OC(C)(C)C(N)=O. The Morgan fingerprint density at radius 2 is 1.65 bits per heavy atom. The number of primary amides is 2. The molecule has 0 heterocycles. The molecule has 0 atom stereocenters. The van der Waals surface area contributed by atoms with Crippen molar-refractivity contribution in [1.82, 2.24) is 0 Å². The Morgan fingerprint density at radius 3 is 2.06 bits per heavy atom. The fourth-order valence-corrected chi connectivity index (χ4v) is 1.28. The highest BCUT2D eigenvalue weighted by Gasteiger charge is 2.33. The van der Waals surface area contributed by atoms with Crippen molar-refractivity contribution < 1.29 is 19.1 Å². The topological polar surface area (TPSA) is 105 Å². The van der Waals surface area contributed by atoms with Crippen molar-refractivity contribution in [3.05, 3.63) is 0 Å². The second-order valence-corrected chi connectivity index (χ2v) is 5.01. The maximum Gasteiger partial charge on any atom is 0.249 e. The van der Waals surface area contributed by atoms with E-state index in [1.807, 2.05) is 13.8 Å². The fraction of sp³-hybridized carbons (Fsp3) is 0.818. The molecule has 0 saturated heterocycles. The number of hydrogen-bond donors (Lipinski definition) is 2. The zero-order chi connectivity index (χ0) is 13.7. The lowest BCUT2D eigenvalue weighted by atomic mass is 10.0. The third kappa shape index (κ3) is 6.91. The molecule has 0 unspecified atom stereocenters. The molecule has 0 aliphatic rings. The number of hydrogen-bond acceptors (Lipinski definition) is 4. The van der Waals surface area contributed by atoms with Gasteiger partial charge in [-0.15, -0.1) is 0 Å². The number of carbonyl (C=O) groups is 2. The van der Waals surface area contributed by atoms with Crippen LogP contribution in [0.25, 0.3) is 0 Å². The van der Waals surface area contributed by atoms with Crippen LogP contribution in [0.1, 0.15) is 34.1 Å². The van der Waals surface area contributed by atoms with Gasteiger partial charge in [0, 0.05) is 6.61 Å². The highest BCUT2D eigenvalue weighted by molar-refractivity contribution is 5.82. The third-order valence-corrected chi connectivity index (χ3v) is 2.22. The number of nitrogens with two attached hydrogens (primary N) is 2. The lowest BCUT2D eigenvalue weighted by Gasteiger charge is -2.34. The minimum Gasteiger partial charge on any atom is -0.372 e. The summed E-state index contributed by atoms with van der Waals surface area (Å²) in [5.41, 5.74) is 8.54. The van der Waals surface area contributed by atoms with Gasteiger partial charge in [-0.05, 0) is 34.1 Å². The lowest BCUT2D eigenvalue weighted by molar-refractivity contribution is -0.162. The Kier molecular flexibility index (Phi) is 5.57. The van der Waals surface area contributed by atoms with Crippen molar-refractivity contribution in [1.29, 1.82) is 0 Å². The predicted octanol–water partition coefficient (Wildman–Crippen LogP) is -0.0625. The summed E-state index contributed by atoms with van der Waals surface area (Å²) in [6, 6.07) is 0. The fourth-order valence-electron chi connectivity index (χ4n) is 1.28. The van der Waals surface area contributed by atoms with E-state index >= 15 is 0 Å². The summed E-state index contributed by atoms with van der Waals surface area (Å²) in [5.74, 6) is -1.04. The van der Waals surface area contributed by atoms with E-state index in [2.05, 4.69) is 0 Å². The van der Waals surface area contributed by atoms with Gasteiger partial charge >= 0.3 is 0 Å². The first-order chi connectivity index (χ1) is 7.57. The standard InChI is InChI=1S/C11H22N2O4/c1-10(2,5-6-16-7-8(12)14)17-11(3,4)9(13)15/h5-7H2,1-4H3,(H2,12,14)(H2,13,15). The monoisotopic (exact) mass is 246 g/mol. The van der Waals surface area contributed by atoms with Crippen LogP contribution in [-0.2, 0) is 19.1 Å². The van der Waals surface area contributed by atoms with Gasteiger partial charge in [-0.25, -0.2) is 0 Å². The summed E-state index contributed by atoms with van der Waals surface area (Å²) in [4.78, 5) is 21.6. The Bertz CT molecular complexity index is 287. The summed E-state index contributed by atoms with van der Waals surface area (Å²) in [6.07, 6.45) is 0.525. The van der Waals surface area contributed by atoms with E-state index in [-0.39, 0.29) is 6.61 Å². The van der Waals surface area contributed by atoms with Crippen LogP contribution in [0.4, 0.5) is 0 Å². The first-order valence-corrected chi connectivity index (χ1v) is 5.43. The molecule has 4 N–H and O–H groups in total. The van der Waals surface area contributed by atoms with Crippen LogP contribution in [0.15, 0.2) is 0 Å². The van der Waals surface area contributed by atoms with Crippen molar-refractivity contribution in [3.63, 3.8) is 0 Å². The van der Waals surface area contributed by atoms with Gasteiger partial charge < -0.3 is 20.9 Å². The average molecular weight is 246 g/mol. The van der Waals surface area contributed by atoms with Gasteiger partial charge in [0.05, 0.1) is 5.60 Å². The van der Waals surface area contributed by atoms with Crippen LogP contribution in [0.3, 0.4) is 0 Å². The van der Waals surface area contributed by atoms with E-state index in [4.69, 9.17) is 20.9 Å². The summed E-state index contributed by atoms with van der Waals surface area (Å²) in [6.45, 7) is 7.08. The van der Waals surface area contributed by atoms with Crippen LogP contribution in [-0.4, -0.2) is 36.2 Å². The van der Waals surface area contributed by atoms with Crippen molar-refractivity contribution in [2.45, 2.75) is 45.3 Å². The molecule has 6 heteroatoms. The first-order valence-electron chi connectivity index (χ1n) is 5.43. The number of rotatable bonds is 8. The highest BCUT2D eigenvalue weighted by Crippen LogP contribution is 2.23. The molecule has 100 valence electrons. The van der Waals surface area contributed by atoms with Gasteiger partial charge in [-0.1, -0.05) is 0 Å². The van der Waals surface area contributed by atoms with Crippen molar-refractivity contribution in [2.24, 2.45) is 11.5 Å². The normalized spacial score (nSPS) is 12.5. The minimum atomic E-state index is -1.03. The molecule has 0 fully saturated rings. The smallest absolute Gasteiger partial charge is 0.249 e. The largest absolute Gasteiger partial charge is 0.372 e. The zero-order valence-electron chi connectivity index (χ0n) is 10.9. The van der Waals surface area contributed by atoms with E-state index in [1.54, 1.807) is 13.8 Å². The molecule has 0 aromatic rings. The molecule has 0 aliphatic carbocycles. The Morgan fingerprint density at radius 1 is 1.12 bits per heavy atom. The average Bonchev–Trinajstić information content (AvgIpc) is 2.10. The van der Waals surface area contributed by atoms with Crippen LogP contribution in [0, 0.1) is 0 Å². The maximum absolute atomic E-state index is 11.1. The number of carbonyl (C=O) groups excluding carboxylic acids is 2. The molecular weight excluding hydrogens is 224 g/mol. The summed E-state index contributed by atoms with van der Waals surface area (Å²) < 4.78 is 10.7.